The van der Waals surface area contributed by atoms with Crippen molar-refractivity contribution in [3.05, 3.63) is 23.6 Å². The van der Waals surface area contributed by atoms with Crippen LogP contribution in [-0.4, -0.2) is 26.1 Å². The van der Waals surface area contributed by atoms with Gasteiger partial charge in [0.1, 0.15) is 16.6 Å². The molecule has 0 radical (unpaired) electrons. The van der Waals surface area contributed by atoms with Crippen LogP contribution in [0.1, 0.15) is 20.8 Å². The Labute approximate surface area is 114 Å². The quantitative estimate of drug-likeness (QED) is 0.652. The minimum atomic E-state index is -0.589. The number of ether oxygens (including phenoxy) is 1. The number of amides is 1. The Hall–Kier alpha value is -2.02. The average molecular weight is 284 g/mol. The molecule has 0 atom stereocenters. The zero-order valence-electron chi connectivity index (χ0n) is 10.8. The number of nitrogens with zero attached hydrogens (tertiary/aromatic N) is 3. The van der Waals surface area contributed by atoms with Gasteiger partial charge in [0.2, 0.25) is 5.78 Å². The van der Waals surface area contributed by atoms with Crippen LogP contribution in [0, 0.1) is 0 Å². The van der Waals surface area contributed by atoms with E-state index in [2.05, 4.69) is 20.8 Å². The number of carbonyl (C=O) groups excluding carboxylic acids is 1. The molecule has 0 spiro atoms. The third kappa shape index (κ3) is 3.47. The van der Waals surface area contributed by atoms with Gasteiger partial charge in [-0.05, 0) is 20.8 Å². The van der Waals surface area contributed by atoms with Crippen LogP contribution < -0.4 is 10.9 Å². The number of nitrogens with one attached hydrogen (secondary N) is 2. The van der Waals surface area contributed by atoms with Crippen LogP contribution in [0.3, 0.4) is 0 Å². The van der Waals surface area contributed by atoms with Crippen LogP contribution in [0.25, 0.3) is 5.78 Å². The highest BCUT2D eigenvalue weighted by Crippen LogP contribution is 2.15. The second kappa shape index (κ2) is 4.93. The third-order valence-electron chi connectivity index (χ3n) is 2.03. The van der Waals surface area contributed by atoms with E-state index in [0.717, 1.165) is 0 Å². The Balaban J connectivity index is 2.09. The summed E-state index contributed by atoms with van der Waals surface area (Å²) in [6.45, 7) is 5.35. The summed E-state index contributed by atoms with van der Waals surface area (Å²) in [6, 6.07) is 1.56. The Morgan fingerprint density at radius 2 is 2.21 bits per heavy atom. The zero-order valence-corrected chi connectivity index (χ0v) is 11.5. The molecule has 0 unspecified atom stereocenters. The Kier molecular flexibility index (Phi) is 3.48. The fourth-order valence-electron chi connectivity index (χ4n) is 1.39. The molecule has 8 heteroatoms. The first-order chi connectivity index (χ1) is 8.85. The van der Waals surface area contributed by atoms with Crippen molar-refractivity contribution in [2.24, 2.45) is 0 Å². The van der Waals surface area contributed by atoms with Crippen LogP contribution in [0.15, 0.2) is 18.5 Å². The number of hydrogen-bond donors (Lipinski definition) is 2. The van der Waals surface area contributed by atoms with Crippen molar-refractivity contribution in [1.82, 2.24) is 19.8 Å². The first kappa shape index (κ1) is 13.4. The van der Waals surface area contributed by atoms with Gasteiger partial charge in [0.25, 0.3) is 0 Å². The zero-order chi connectivity index (χ0) is 14.0. The number of fused-ring (bicyclic) bond motifs is 1. The van der Waals surface area contributed by atoms with Gasteiger partial charge in [-0.3, -0.25) is 9.83 Å². The largest absolute Gasteiger partial charge is 0.443 e. The van der Waals surface area contributed by atoms with Crippen LogP contribution in [0.4, 0.5) is 10.6 Å². The topological polar surface area (TPSA) is 80.5 Å². The molecule has 7 nitrogen and oxygen atoms in total. The number of anilines is 1. The summed E-state index contributed by atoms with van der Waals surface area (Å²) in [7, 11) is 0. The molecule has 2 rings (SSSR count). The summed E-state index contributed by atoms with van der Waals surface area (Å²) < 4.78 is 6.74. The highest BCUT2D eigenvalue weighted by molar-refractivity contribution is 6.29. The van der Waals surface area contributed by atoms with E-state index in [1.165, 1.54) is 0 Å². The minimum Gasteiger partial charge on any atom is -0.443 e. The average Bonchev–Trinajstić information content (AvgIpc) is 2.71. The maximum atomic E-state index is 11.5. The van der Waals surface area contributed by atoms with E-state index in [4.69, 9.17) is 16.3 Å². The molecular weight excluding hydrogens is 270 g/mol. The lowest BCUT2D eigenvalue weighted by molar-refractivity contribution is 0.0541. The molecule has 0 saturated heterocycles. The van der Waals surface area contributed by atoms with Gasteiger partial charge in [0.05, 0.1) is 0 Å². The van der Waals surface area contributed by atoms with Gasteiger partial charge in [0, 0.05) is 18.5 Å². The number of rotatable bonds is 2. The van der Waals surface area contributed by atoms with E-state index in [1.807, 2.05) is 0 Å². The van der Waals surface area contributed by atoms with E-state index in [1.54, 1.807) is 43.6 Å². The van der Waals surface area contributed by atoms with Crippen LogP contribution >= 0.6 is 11.6 Å². The molecule has 0 aromatic carbocycles. The summed E-state index contributed by atoms with van der Waals surface area (Å²) in [5.74, 6) is 0.958. The van der Waals surface area contributed by atoms with Crippen molar-refractivity contribution in [3.63, 3.8) is 0 Å². The van der Waals surface area contributed by atoms with Gasteiger partial charge < -0.3 is 4.74 Å². The molecule has 0 fully saturated rings. The number of imidazole rings is 1. The first-order valence-electron chi connectivity index (χ1n) is 5.60. The van der Waals surface area contributed by atoms with Crippen molar-refractivity contribution in [2.45, 2.75) is 26.4 Å². The highest BCUT2D eigenvalue weighted by atomic mass is 35.5. The monoisotopic (exact) mass is 283 g/mol. The molecule has 1 amide bonds. The van der Waals surface area contributed by atoms with Gasteiger partial charge in [-0.2, -0.15) is 0 Å². The molecule has 2 aromatic rings. The fraction of sp³-hybridized carbons (Fsp3) is 0.364. The van der Waals surface area contributed by atoms with Crippen LogP contribution in [-0.2, 0) is 4.74 Å². The normalized spacial score (nSPS) is 11.4. The first-order valence-corrected chi connectivity index (χ1v) is 5.97. The van der Waals surface area contributed by atoms with E-state index in [-0.39, 0.29) is 5.15 Å². The number of hydrogen-bond acceptors (Lipinski definition) is 5. The van der Waals surface area contributed by atoms with Gasteiger partial charge in [0.15, 0.2) is 0 Å². The fourth-order valence-corrected chi connectivity index (χ4v) is 1.57. The smallest absolute Gasteiger partial charge is 0.426 e. The summed E-state index contributed by atoms with van der Waals surface area (Å²) >= 11 is 5.85. The van der Waals surface area contributed by atoms with Gasteiger partial charge >= 0.3 is 6.09 Å². The predicted molar refractivity (Wildman–Crippen MR) is 71.0 cm³/mol. The molecule has 2 aromatic heterocycles. The van der Waals surface area contributed by atoms with E-state index in [9.17, 15) is 4.79 Å². The summed E-state index contributed by atoms with van der Waals surface area (Å²) in [5.41, 5.74) is 4.57. The molecule has 102 valence electrons. The van der Waals surface area contributed by atoms with Crippen LogP contribution in [0.5, 0.6) is 0 Å². The standard InChI is InChI=1S/C11H14ClN5O2/c1-11(2,3)19-10(18)16-15-8-6-7(12)14-9-13-4-5-17(8)9/h4-6,15H,1-3H3,(H,16,18). The molecule has 2 heterocycles. The minimum absolute atomic E-state index is 0.271. The molecule has 19 heavy (non-hydrogen) atoms. The molecule has 0 aliphatic heterocycles. The molecule has 0 bridgehead atoms. The van der Waals surface area contributed by atoms with Gasteiger partial charge in [-0.1, -0.05) is 11.6 Å². The van der Waals surface area contributed by atoms with E-state index < -0.39 is 11.7 Å². The van der Waals surface area contributed by atoms with Gasteiger partial charge in [-0.25, -0.2) is 20.2 Å². The maximum absolute atomic E-state index is 11.5. The van der Waals surface area contributed by atoms with Crippen molar-refractivity contribution in [3.8, 4) is 0 Å². The number of halogens is 1. The van der Waals surface area contributed by atoms with E-state index >= 15 is 0 Å². The van der Waals surface area contributed by atoms with Crippen molar-refractivity contribution in [1.29, 1.82) is 0 Å². The van der Waals surface area contributed by atoms with E-state index in [0.29, 0.717) is 11.6 Å². The molecule has 0 aliphatic rings. The van der Waals surface area contributed by atoms with Crippen molar-refractivity contribution in [2.75, 3.05) is 5.43 Å². The number of hydrazine groups is 1. The SMILES string of the molecule is CC(C)(C)OC(=O)NNc1cc(Cl)nc2nccn12. The lowest BCUT2D eigenvalue weighted by Gasteiger charge is -2.20. The summed E-state index contributed by atoms with van der Waals surface area (Å²) in [4.78, 5) is 19.5. The van der Waals surface area contributed by atoms with Crippen molar-refractivity contribution < 1.29 is 9.53 Å². The second-order valence-corrected chi connectivity index (χ2v) is 5.20. The number of carbonyl (C=O) groups is 1. The second-order valence-electron chi connectivity index (χ2n) is 4.81. The Morgan fingerprint density at radius 1 is 1.47 bits per heavy atom. The molecule has 0 saturated carbocycles. The lowest BCUT2D eigenvalue weighted by atomic mass is 10.2. The van der Waals surface area contributed by atoms with Crippen LogP contribution in [0.2, 0.25) is 5.15 Å². The summed E-state index contributed by atoms with van der Waals surface area (Å²) in [6.07, 6.45) is 2.68. The Bertz CT molecular complexity index is 605. The predicted octanol–water partition coefficient (Wildman–Crippen LogP) is 2.23. The highest BCUT2D eigenvalue weighted by Gasteiger charge is 2.16. The Morgan fingerprint density at radius 3 is 2.89 bits per heavy atom. The van der Waals surface area contributed by atoms with Gasteiger partial charge in [-0.15, -0.1) is 0 Å². The van der Waals surface area contributed by atoms with Crippen molar-refractivity contribution >= 4 is 29.3 Å². The lowest BCUT2D eigenvalue weighted by Crippen LogP contribution is -2.36. The molecular formula is C11H14ClN5O2. The molecule has 2 N–H and O–H groups in total. The summed E-state index contributed by atoms with van der Waals surface area (Å²) in [5, 5.41) is 0.271. The maximum Gasteiger partial charge on any atom is 0.426 e. The molecule has 0 aliphatic carbocycles. The third-order valence-corrected chi connectivity index (χ3v) is 2.23. The number of aromatic nitrogens is 3.